The highest BCUT2D eigenvalue weighted by atomic mass is 16.2. The Morgan fingerprint density at radius 1 is 1.35 bits per heavy atom. The standard InChI is InChI=1S/C16H19N3O/c1-4-18(12-13(2)3)16(20)14-6-8-15(9-7-14)19-11-5-10-17-19/h5-11H,2,4,12H2,1,3H3. The number of nitrogens with zero attached hydrogens (tertiary/aromatic N) is 3. The summed E-state index contributed by atoms with van der Waals surface area (Å²) in [5.41, 5.74) is 2.60. The maximum Gasteiger partial charge on any atom is 0.254 e. The summed E-state index contributed by atoms with van der Waals surface area (Å²) >= 11 is 0. The lowest BCUT2D eigenvalue weighted by Crippen LogP contribution is -2.32. The molecule has 104 valence electrons. The van der Waals surface area contributed by atoms with Gasteiger partial charge in [0.2, 0.25) is 0 Å². The highest BCUT2D eigenvalue weighted by molar-refractivity contribution is 5.94. The number of likely N-dealkylation sites (N-methyl/N-ethyl adjacent to an activating group) is 1. The van der Waals surface area contributed by atoms with Crippen molar-refractivity contribution in [3.63, 3.8) is 0 Å². The molecule has 2 rings (SSSR count). The third-order valence-corrected chi connectivity index (χ3v) is 3.01. The van der Waals surface area contributed by atoms with E-state index < -0.39 is 0 Å². The monoisotopic (exact) mass is 269 g/mol. The van der Waals surface area contributed by atoms with Crippen LogP contribution in [0.4, 0.5) is 0 Å². The van der Waals surface area contributed by atoms with Crippen LogP contribution in [0.2, 0.25) is 0 Å². The smallest absolute Gasteiger partial charge is 0.254 e. The molecule has 0 fully saturated rings. The number of carbonyl (C=O) groups excluding carboxylic acids is 1. The lowest BCUT2D eigenvalue weighted by atomic mass is 10.1. The van der Waals surface area contributed by atoms with Gasteiger partial charge in [-0.05, 0) is 44.2 Å². The molecular formula is C16H19N3O. The van der Waals surface area contributed by atoms with E-state index in [2.05, 4.69) is 11.7 Å². The van der Waals surface area contributed by atoms with E-state index in [1.54, 1.807) is 15.8 Å². The van der Waals surface area contributed by atoms with Crippen molar-refractivity contribution in [2.45, 2.75) is 13.8 Å². The fourth-order valence-corrected chi connectivity index (χ4v) is 2.01. The molecule has 0 atom stereocenters. The van der Waals surface area contributed by atoms with Crippen LogP contribution in [0.15, 0.2) is 54.9 Å². The molecule has 0 unspecified atom stereocenters. The van der Waals surface area contributed by atoms with Gasteiger partial charge in [-0.15, -0.1) is 0 Å². The van der Waals surface area contributed by atoms with Gasteiger partial charge in [0.05, 0.1) is 5.69 Å². The Morgan fingerprint density at radius 2 is 2.05 bits per heavy atom. The SMILES string of the molecule is C=C(C)CN(CC)C(=O)c1ccc(-n2cccn2)cc1. The minimum absolute atomic E-state index is 0.0301. The zero-order chi connectivity index (χ0) is 14.5. The number of amides is 1. The topological polar surface area (TPSA) is 38.1 Å². The molecule has 0 aliphatic carbocycles. The van der Waals surface area contributed by atoms with Crippen molar-refractivity contribution in [2.24, 2.45) is 0 Å². The second kappa shape index (κ2) is 6.19. The van der Waals surface area contributed by atoms with Gasteiger partial charge in [-0.25, -0.2) is 4.68 Å². The summed E-state index contributed by atoms with van der Waals surface area (Å²) in [7, 11) is 0. The number of carbonyl (C=O) groups is 1. The number of hydrogen-bond acceptors (Lipinski definition) is 2. The van der Waals surface area contributed by atoms with E-state index in [4.69, 9.17) is 0 Å². The van der Waals surface area contributed by atoms with E-state index in [1.165, 1.54) is 0 Å². The number of hydrogen-bond donors (Lipinski definition) is 0. The van der Waals surface area contributed by atoms with Crippen LogP contribution in [0.3, 0.4) is 0 Å². The predicted octanol–water partition coefficient (Wildman–Crippen LogP) is 2.91. The van der Waals surface area contributed by atoms with E-state index in [1.807, 2.05) is 50.4 Å². The summed E-state index contributed by atoms with van der Waals surface area (Å²) in [5, 5.41) is 4.16. The summed E-state index contributed by atoms with van der Waals surface area (Å²) in [5.74, 6) is 0.0301. The molecule has 20 heavy (non-hydrogen) atoms. The molecule has 0 aliphatic rings. The van der Waals surface area contributed by atoms with Gasteiger partial charge < -0.3 is 4.90 Å². The Bertz CT molecular complexity index is 585. The van der Waals surface area contributed by atoms with Crippen molar-refractivity contribution < 1.29 is 4.79 Å². The lowest BCUT2D eigenvalue weighted by molar-refractivity contribution is 0.0778. The first-order valence-corrected chi connectivity index (χ1v) is 6.65. The van der Waals surface area contributed by atoms with Crippen LogP contribution < -0.4 is 0 Å². The van der Waals surface area contributed by atoms with Gasteiger partial charge in [0, 0.05) is 31.0 Å². The average molecular weight is 269 g/mol. The summed E-state index contributed by atoms with van der Waals surface area (Å²) in [6.07, 6.45) is 3.60. The molecule has 2 aromatic rings. The molecule has 0 saturated heterocycles. The van der Waals surface area contributed by atoms with Gasteiger partial charge in [0.25, 0.3) is 5.91 Å². The largest absolute Gasteiger partial charge is 0.335 e. The fraction of sp³-hybridized carbons (Fsp3) is 0.250. The average Bonchev–Trinajstić information content (AvgIpc) is 2.98. The van der Waals surface area contributed by atoms with Crippen LogP contribution in [0.5, 0.6) is 0 Å². The Morgan fingerprint density at radius 3 is 2.55 bits per heavy atom. The van der Waals surface area contributed by atoms with E-state index in [9.17, 15) is 4.79 Å². The van der Waals surface area contributed by atoms with Crippen molar-refractivity contribution in [3.8, 4) is 5.69 Å². The highest BCUT2D eigenvalue weighted by Gasteiger charge is 2.13. The number of aromatic nitrogens is 2. The minimum atomic E-state index is 0.0301. The van der Waals surface area contributed by atoms with E-state index in [0.29, 0.717) is 18.7 Å². The van der Waals surface area contributed by atoms with Gasteiger partial charge >= 0.3 is 0 Å². The number of benzene rings is 1. The molecular weight excluding hydrogens is 250 g/mol. The van der Waals surface area contributed by atoms with Crippen LogP contribution in [-0.4, -0.2) is 33.7 Å². The first-order valence-electron chi connectivity index (χ1n) is 6.65. The Labute approximate surface area is 119 Å². The first-order chi connectivity index (χ1) is 9.61. The predicted molar refractivity (Wildman–Crippen MR) is 80.0 cm³/mol. The molecule has 0 saturated carbocycles. The van der Waals surface area contributed by atoms with Crippen molar-refractivity contribution in [3.05, 3.63) is 60.4 Å². The summed E-state index contributed by atoms with van der Waals surface area (Å²) in [4.78, 5) is 14.2. The Hall–Kier alpha value is -2.36. The van der Waals surface area contributed by atoms with E-state index in [0.717, 1.165) is 11.3 Å². The maximum atomic E-state index is 12.4. The van der Waals surface area contributed by atoms with Crippen molar-refractivity contribution in [1.29, 1.82) is 0 Å². The van der Waals surface area contributed by atoms with Crippen molar-refractivity contribution >= 4 is 5.91 Å². The molecule has 4 heteroatoms. The fourth-order valence-electron chi connectivity index (χ4n) is 2.01. The second-order valence-electron chi connectivity index (χ2n) is 4.77. The summed E-state index contributed by atoms with van der Waals surface area (Å²) < 4.78 is 1.76. The van der Waals surface area contributed by atoms with Gasteiger partial charge in [-0.1, -0.05) is 12.2 Å². The van der Waals surface area contributed by atoms with Gasteiger partial charge in [-0.3, -0.25) is 4.79 Å². The van der Waals surface area contributed by atoms with E-state index in [-0.39, 0.29) is 5.91 Å². The van der Waals surface area contributed by atoms with Crippen molar-refractivity contribution in [1.82, 2.24) is 14.7 Å². The third kappa shape index (κ3) is 3.15. The highest BCUT2D eigenvalue weighted by Crippen LogP contribution is 2.11. The van der Waals surface area contributed by atoms with Crippen LogP contribution in [0.1, 0.15) is 24.2 Å². The zero-order valence-corrected chi connectivity index (χ0v) is 11.9. The number of rotatable bonds is 5. The van der Waals surface area contributed by atoms with Crippen LogP contribution in [0, 0.1) is 0 Å². The molecule has 1 aromatic carbocycles. The molecule has 0 radical (unpaired) electrons. The van der Waals surface area contributed by atoms with Crippen LogP contribution in [-0.2, 0) is 0 Å². The molecule has 0 spiro atoms. The Balaban J connectivity index is 2.16. The Kier molecular flexibility index (Phi) is 4.35. The first kappa shape index (κ1) is 14.1. The normalized spacial score (nSPS) is 10.3. The third-order valence-electron chi connectivity index (χ3n) is 3.01. The van der Waals surface area contributed by atoms with Gasteiger partial charge in [-0.2, -0.15) is 5.10 Å². The molecule has 0 bridgehead atoms. The molecule has 0 aliphatic heterocycles. The molecule has 4 nitrogen and oxygen atoms in total. The van der Waals surface area contributed by atoms with Crippen molar-refractivity contribution in [2.75, 3.05) is 13.1 Å². The molecule has 1 amide bonds. The van der Waals surface area contributed by atoms with Gasteiger partial charge in [0.15, 0.2) is 0 Å². The van der Waals surface area contributed by atoms with E-state index >= 15 is 0 Å². The van der Waals surface area contributed by atoms with Gasteiger partial charge in [0.1, 0.15) is 0 Å². The lowest BCUT2D eigenvalue weighted by Gasteiger charge is -2.21. The molecule has 1 aromatic heterocycles. The second-order valence-corrected chi connectivity index (χ2v) is 4.77. The van der Waals surface area contributed by atoms with Crippen LogP contribution >= 0.6 is 0 Å². The maximum absolute atomic E-state index is 12.4. The molecule has 0 N–H and O–H groups in total. The summed E-state index contributed by atoms with van der Waals surface area (Å²) in [6, 6.07) is 9.33. The zero-order valence-electron chi connectivity index (χ0n) is 11.9. The van der Waals surface area contributed by atoms with Crippen LogP contribution in [0.25, 0.3) is 5.69 Å². The quantitative estimate of drug-likeness (QED) is 0.783. The molecule has 1 heterocycles. The summed E-state index contributed by atoms with van der Waals surface area (Å²) in [6.45, 7) is 9.03. The minimum Gasteiger partial charge on any atom is -0.335 e.